The quantitative estimate of drug-likeness (QED) is 0.306. The maximum atomic E-state index is 13.0. The molecule has 0 saturated heterocycles. The fraction of sp³-hybridized carbons (Fsp3) is 0.182. The minimum Gasteiger partial charge on any atom is -0.435 e. The highest BCUT2D eigenvalue weighted by Gasteiger charge is 2.17. The lowest BCUT2D eigenvalue weighted by molar-refractivity contribution is -0.0498. The lowest BCUT2D eigenvalue weighted by Gasteiger charge is -2.07. The molecule has 7 nitrogen and oxygen atoms in total. The number of amides is 1. The SMILES string of the molecule is Cc1noc(CSc2ccccc2C(=O)Nc2nc(-c3ccc(OC(F)F)cc3)c(C)s2)n1. The maximum Gasteiger partial charge on any atom is 0.387 e. The minimum atomic E-state index is -2.88. The molecule has 0 spiro atoms. The van der Waals surface area contributed by atoms with Crippen LogP contribution in [-0.2, 0) is 5.75 Å². The van der Waals surface area contributed by atoms with Crippen molar-refractivity contribution >= 4 is 34.1 Å². The molecule has 0 atom stereocenters. The van der Waals surface area contributed by atoms with E-state index in [-0.39, 0.29) is 11.7 Å². The number of hydrogen-bond donors (Lipinski definition) is 1. The number of halogens is 2. The molecule has 2 heterocycles. The number of aryl methyl sites for hydroxylation is 2. The molecule has 0 aliphatic rings. The summed E-state index contributed by atoms with van der Waals surface area (Å²) in [5, 5.41) is 7.06. The topological polar surface area (TPSA) is 90.1 Å². The van der Waals surface area contributed by atoms with Gasteiger partial charge in [0.15, 0.2) is 11.0 Å². The maximum absolute atomic E-state index is 13.0. The summed E-state index contributed by atoms with van der Waals surface area (Å²) < 4.78 is 34.2. The van der Waals surface area contributed by atoms with Crippen molar-refractivity contribution in [2.45, 2.75) is 31.1 Å². The minimum absolute atomic E-state index is 0.0694. The normalized spacial score (nSPS) is 11.1. The predicted octanol–water partition coefficient (Wildman–Crippen LogP) is 5.96. The average Bonchev–Trinajstić information content (AvgIpc) is 3.37. The smallest absolute Gasteiger partial charge is 0.387 e. The summed E-state index contributed by atoms with van der Waals surface area (Å²) in [4.78, 5) is 23.3. The van der Waals surface area contributed by atoms with E-state index in [0.717, 1.165) is 15.3 Å². The first-order valence-electron chi connectivity index (χ1n) is 9.74. The second kappa shape index (κ2) is 10.1. The van der Waals surface area contributed by atoms with Gasteiger partial charge in [0.1, 0.15) is 5.75 Å². The Kier molecular flexibility index (Phi) is 6.99. The lowest BCUT2D eigenvalue weighted by atomic mass is 10.1. The van der Waals surface area contributed by atoms with Gasteiger partial charge < -0.3 is 9.26 Å². The van der Waals surface area contributed by atoms with Crippen LogP contribution in [0.5, 0.6) is 5.75 Å². The van der Waals surface area contributed by atoms with Crippen molar-refractivity contribution in [2.75, 3.05) is 5.32 Å². The molecule has 4 rings (SSSR count). The van der Waals surface area contributed by atoms with E-state index in [9.17, 15) is 13.6 Å². The fourth-order valence-corrected chi connectivity index (χ4v) is 4.71. The first-order valence-corrected chi connectivity index (χ1v) is 11.5. The van der Waals surface area contributed by atoms with Gasteiger partial charge >= 0.3 is 6.61 Å². The molecule has 0 saturated carbocycles. The van der Waals surface area contributed by atoms with Gasteiger partial charge in [0.25, 0.3) is 5.91 Å². The van der Waals surface area contributed by atoms with Gasteiger partial charge in [-0.2, -0.15) is 13.8 Å². The molecule has 33 heavy (non-hydrogen) atoms. The highest BCUT2D eigenvalue weighted by molar-refractivity contribution is 7.98. The standard InChI is InChI=1S/C22H18F2N4O3S2/c1-12-19(14-7-9-15(10-8-14)30-21(23)24)26-22(33-12)27-20(29)16-5-3-4-6-17(16)32-11-18-25-13(2)28-31-18/h3-10,21H,11H2,1-2H3,(H,26,27,29). The Morgan fingerprint density at radius 1 is 1.15 bits per heavy atom. The lowest BCUT2D eigenvalue weighted by Crippen LogP contribution is -2.12. The van der Waals surface area contributed by atoms with Crippen LogP contribution >= 0.6 is 23.1 Å². The third kappa shape index (κ3) is 5.74. The van der Waals surface area contributed by atoms with E-state index in [2.05, 4.69) is 25.2 Å². The van der Waals surface area contributed by atoms with Gasteiger partial charge in [0, 0.05) is 15.3 Å². The summed E-state index contributed by atoms with van der Waals surface area (Å²) in [6, 6.07) is 13.4. The molecule has 2 aromatic carbocycles. The zero-order chi connectivity index (χ0) is 23.4. The highest BCUT2D eigenvalue weighted by Crippen LogP contribution is 2.32. The molecule has 4 aromatic rings. The molecule has 11 heteroatoms. The van der Waals surface area contributed by atoms with E-state index < -0.39 is 6.61 Å². The Hall–Kier alpha value is -3.31. The summed E-state index contributed by atoms with van der Waals surface area (Å²) >= 11 is 2.76. The molecule has 0 aliphatic heterocycles. The molecule has 1 N–H and O–H groups in total. The van der Waals surface area contributed by atoms with Crippen LogP contribution in [0.4, 0.5) is 13.9 Å². The number of benzene rings is 2. The number of nitrogens with one attached hydrogen (secondary N) is 1. The molecular weight excluding hydrogens is 470 g/mol. The third-order valence-electron chi connectivity index (χ3n) is 4.42. The van der Waals surface area contributed by atoms with Crippen LogP contribution in [0, 0.1) is 13.8 Å². The van der Waals surface area contributed by atoms with Crippen LogP contribution in [-0.4, -0.2) is 27.6 Å². The molecule has 0 bridgehead atoms. The van der Waals surface area contributed by atoms with Crippen molar-refractivity contribution in [1.29, 1.82) is 0 Å². The number of alkyl halides is 2. The number of hydrogen-bond acceptors (Lipinski definition) is 8. The summed E-state index contributed by atoms with van der Waals surface area (Å²) in [6.07, 6.45) is 0. The van der Waals surface area contributed by atoms with Crippen LogP contribution in [0.1, 0.15) is 27.0 Å². The number of nitrogens with zero attached hydrogens (tertiary/aromatic N) is 3. The summed E-state index contributed by atoms with van der Waals surface area (Å²) in [7, 11) is 0. The van der Waals surface area contributed by atoms with E-state index in [0.29, 0.717) is 33.9 Å². The van der Waals surface area contributed by atoms with Crippen LogP contribution in [0.25, 0.3) is 11.3 Å². The van der Waals surface area contributed by atoms with E-state index in [1.165, 1.54) is 35.2 Å². The molecule has 0 radical (unpaired) electrons. The number of thiazole rings is 1. The Morgan fingerprint density at radius 3 is 2.61 bits per heavy atom. The number of thioether (sulfide) groups is 1. The Morgan fingerprint density at radius 2 is 1.91 bits per heavy atom. The predicted molar refractivity (Wildman–Crippen MR) is 122 cm³/mol. The number of rotatable bonds is 8. The summed E-state index contributed by atoms with van der Waals surface area (Å²) in [6.45, 7) is 0.743. The van der Waals surface area contributed by atoms with Gasteiger partial charge in [-0.25, -0.2) is 4.98 Å². The van der Waals surface area contributed by atoms with Gasteiger partial charge in [-0.3, -0.25) is 10.1 Å². The van der Waals surface area contributed by atoms with Gasteiger partial charge in [-0.05, 0) is 50.2 Å². The molecule has 0 fully saturated rings. The van der Waals surface area contributed by atoms with Gasteiger partial charge in [-0.1, -0.05) is 17.3 Å². The van der Waals surface area contributed by atoms with Crippen molar-refractivity contribution in [2.24, 2.45) is 0 Å². The highest BCUT2D eigenvalue weighted by atomic mass is 32.2. The molecule has 1 amide bonds. The first kappa shape index (κ1) is 22.9. The third-order valence-corrected chi connectivity index (χ3v) is 6.37. The van der Waals surface area contributed by atoms with Crippen LogP contribution < -0.4 is 10.1 Å². The molecule has 0 aliphatic carbocycles. The van der Waals surface area contributed by atoms with Crippen molar-refractivity contribution in [3.63, 3.8) is 0 Å². The molecule has 0 unspecified atom stereocenters. The second-order valence-electron chi connectivity index (χ2n) is 6.80. The van der Waals surface area contributed by atoms with E-state index in [1.807, 2.05) is 19.1 Å². The molecule has 2 aromatic heterocycles. The summed E-state index contributed by atoms with van der Waals surface area (Å²) in [5.74, 6) is 1.26. The van der Waals surface area contributed by atoms with Crippen LogP contribution in [0.3, 0.4) is 0 Å². The Balaban J connectivity index is 1.47. The van der Waals surface area contributed by atoms with E-state index in [4.69, 9.17) is 4.52 Å². The number of carbonyl (C=O) groups is 1. The van der Waals surface area contributed by atoms with Gasteiger partial charge in [0.05, 0.1) is 17.0 Å². The Bertz CT molecular complexity index is 1260. The zero-order valence-electron chi connectivity index (χ0n) is 17.5. The number of aromatic nitrogens is 3. The van der Waals surface area contributed by atoms with Crippen molar-refractivity contribution in [3.05, 3.63) is 70.7 Å². The van der Waals surface area contributed by atoms with Crippen LogP contribution in [0.2, 0.25) is 0 Å². The largest absolute Gasteiger partial charge is 0.435 e. The van der Waals surface area contributed by atoms with Crippen molar-refractivity contribution < 1.29 is 22.8 Å². The second-order valence-corrected chi connectivity index (χ2v) is 9.02. The van der Waals surface area contributed by atoms with E-state index >= 15 is 0 Å². The number of ether oxygens (including phenoxy) is 1. The van der Waals surface area contributed by atoms with Gasteiger partial charge in [0.2, 0.25) is 5.89 Å². The van der Waals surface area contributed by atoms with Gasteiger partial charge in [-0.15, -0.1) is 23.1 Å². The number of carbonyl (C=O) groups excluding carboxylic acids is 1. The van der Waals surface area contributed by atoms with Crippen molar-refractivity contribution in [1.82, 2.24) is 15.1 Å². The zero-order valence-corrected chi connectivity index (χ0v) is 19.2. The van der Waals surface area contributed by atoms with Crippen LogP contribution in [0.15, 0.2) is 57.9 Å². The molecule has 170 valence electrons. The number of anilines is 1. The average molecular weight is 489 g/mol. The fourth-order valence-electron chi connectivity index (χ4n) is 2.99. The van der Waals surface area contributed by atoms with E-state index in [1.54, 1.807) is 31.2 Å². The summed E-state index contributed by atoms with van der Waals surface area (Å²) in [5.41, 5.74) is 1.90. The van der Waals surface area contributed by atoms with Crippen molar-refractivity contribution in [3.8, 4) is 17.0 Å². The first-order chi connectivity index (χ1) is 15.9. The Labute approximate surface area is 196 Å². The monoisotopic (exact) mass is 488 g/mol. The molecular formula is C22H18F2N4O3S2.